The summed E-state index contributed by atoms with van der Waals surface area (Å²) in [6.07, 6.45) is 0. The summed E-state index contributed by atoms with van der Waals surface area (Å²) in [4.78, 5) is 28.6. The number of rotatable bonds is 4. The van der Waals surface area contributed by atoms with Crippen molar-refractivity contribution in [1.29, 1.82) is 0 Å². The molecular weight excluding hydrogens is 292 g/mol. The number of ether oxygens (including phenoxy) is 1. The molecule has 5 heteroatoms. The quantitative estimate of drug-likeness (QED) is 0.851. The molecule has 2 amide bonds. The molecule has 1 aromatic rings. The van der Waals surface area contributed by atoms with Crippen molar-refractivity contribution in [3.8, 4) is 0 Å². The van der Waals surface area contributed by atoms with Gasteiger partial charge in [-0.1, -0.05) is 44.2 Å². The van der Waals surface area contributed by atoms with Gasteiger partial charge in [-0.15, -0.1) is 0 Å². The average Bonchev–Trinajstić information content (AvgIpc) is 2.60. The first-order valence-electron chi connectivity index (χ1n) is 8.09. The molecule has 1 heterocycles. The predicted molar refractivity (Wildman–Crippen MR) is 88.8 cm³/mol. The van der Waals surface area contributed by atoms with Gasteiger partial charge in [0.1, 0.15) is 0 Å². The lowest BCUT2D eigenvalue weighted by Gasteiger charge is -2.39. The minimum atomic E-state index is -0.995. The van der Waals surface area contributed by atoms with Gasteiger partial charge in [-0.2, -0.15) is 0 Å². The lowest BCUT2D eigenvalue weighted by molar-refractivity contribution is -0.158. The van der Waals surface area contributed by atoms with Crippen molar-refractivity contribution in [1.82, 2.24) is 9.80 Å². The van der Waals surface area contributed by atoms with Gasteiger partial charge in [0.25, 0.3) is 5.91 Å². The fourth-order valence-electron chi connectivity index (χ4n) is 2.88. The first-order valence-corrected chi connectivity index (χ1v) is 8.09. The van der Waals surface area contributed by atoms with Gasteiger partial charge in [-0.05, 0) is 12.5 Å². The zero-order valence-corrected chi connectivity index (χ0v) is 14.4. The van der Waals surface area contributed by atoms with E-state index >= 15 is 0 Å². The van der Waals surface area contributed by atoms with Crippen molar-refractivity contribution in [2.45, 2.75) is 26.4 Å². The Hall–Kier alpha value is -1.88. The van der Waals surface area contributed by atoms with Crippen LogP contribution in [0.2, 0.25) is 0 Å². The van der Waals surface area contributed by atoms with Gasteiger partial charge in [0.15, 0.2) is 5.60 Å². The van der Waals surface area contributed by atoms with Crippen molar-refractivity contribution in [3.63, 3.8) is 0 Å². The molecule has 0 saturated carbocycles. The fraction of sp³-hybridized carbons (Fsp3) is 0.556. The molecule has 0 aromatic heterocycles. The van der Waals surface area contributed by atoms with E-state index in [2.05, 4.69) is 0 Å². The number of amides is 2. The monoisotopic (exact) mass is 318 g/mol. The first-order chi connectivity index (χ1) is 10.9. The third kappa shape index (κ3) is 3.55. The molecule has 1 fully saturated rings. The molecule has 2 rings (SSSR count). The number of benzene rings is 1. The second-order valence-electron chi connectivity index (χ2n) is 6.38. The smallest absolute Gasteiger partial charge is 0.259 e. The molecule has 0 bridgehead atoms. The number of methoxy groups -OCH3 is 1. The summed E-state index contributed by atoms with van der Waals surface area (Å²) < 4.78 is 5.58. The number of carbonyl (C=O) groups excluding carboxylic acids is 2. The third-order valence-electron chi connectivity index (χ3n) is 4.51. The van der Waals surface area contributed by atoms with E-state index in [1.54, 1.807) is 18.9 Å². The van der Waals surface area contributed by atoms with E-state index in [4.69, 9.17) is 4.74 Å². The minimum Gasteiger partial charge on any atom is -0.364 e. The zero-order valence-electron chi connectivity index (χ0n) is 14.4. The molecule has 0 spiro atoms. The molecular formula is C18H26N2O3. The second-order valence-corrected chi connectivity index (χ2v) is 6.38. The third-order valence-corrected chi connectivity index (χ3v) is 4.51. The normalized spacial score (nSPS) is 18.0. The molecule has 0 N–H and O–H groups in total. The highest BCUT2D eigenvalue weighted by Crippen LogP contribution is 2.27. The summed E-state index contributed by atoms with van der Waals surface area (Å²) in [5.74, 6) is 0.0864. The Balaban J connectivity index is 2.08. The molecule has 126 valence electrons. The zero-order chi connectivity index (χ0) is 17.0. The Morgan fingerprint density at radius 3 is 2.04 bits per heavy atom. The lowest BCUT2D eigenvalue weighted by atomic mass is 9.93. The fourth-order valence-corrected chi connectivity index (χ4v) is 2.88. The van der Waals surface area contributed by atoms with Gasteiger partial charge in [0, 0.05) is 39.2 Å². The van der Waals surface area contributed by atoms with Crippen molar-refractivity contribution in [2.24, 2.45) is 5.92 Å². The van der Waals surface area contributed by atoms with Crippen molar-refractivity contribution < 1.29 is 14.3 Å². The molecule has 1 aliphatic heterocycles. The topological polar surface area (TPSA) is 49.9 Å². The Kier molecular flexibility index (Phi) is 5.42. The number of hydrogen-bond acceptors (Lipinski definition) is 3. The van der Waals surface area contributed by atoms with Crippen LogP contribution in [0.15, 0.2) is 30.3 Å². The highest BCUT2D eigenvalue weighted by molar-refractivity contribution is 5.86. The highest BCUT2D eigenvalue weighted by Gasteiger charge is 2.39. The van der Waals surface area contributed by atoms with Gasteiger partial charge in [-0.3, -0.25) is 9.59 Å². The molecule has 23 heavy (non-hydrogen) atoms. The van der Waals surface area contributed by atoms with Gasteiger partial charge >= 0.3 is 0 Å². The summed E-state index contributed by atoms with van der Waals surface area (Å²) in [5, 5.41) is 0. The molecule has 1 aromatic carbocycles. The summed E-state index contributed by atoms with van der Waals surface area (Å²) in [7, 11) is 1.56. The van der Waals surface area contributed by atoms with Crippen LogP contribution in [0.5, 0.6) is 0 Å². The maximum absolute atomic E-state index is 13.0. The van der Waals surface area contributed by atoms with Gasteiger partial charge in [-0.25, -0.2) is 0 Å². The van der Waals surface area contributed by atoms with E-state index in [1.807, 2.05) is 49.1 Å². The van der Waals surface area contributed by atoms with E-state index in [1.165, 1.54) is 0 Å². The van der Waals surface area contributed by atoms with Crippen LogP contribution in [0.3, 0.4) is 0 Å². The van der Waals surface area contributed by atoms with Gasteiger partial charge in [0.05, 0.1) is 0 Å². The van der Waals surface area contributed by atoms with E-state index in [-0.39, 0.29) is 17.7 Å². The number of piperazine rings is 1. The van der Waals surface area contributed by atoms with Crippen LogP contribution in [0, 0.1) is 5.92 Å². The van der Waals surface area contributed by atoms with Crippen LogP contribution in [-0.2, 0) is 19.9 Å². The van der Waals surface area contributed by atoms with Crippen LogP contribution < -0.4 is 0 Å². The van der Waals surface area contributed by atoms with Crippen molar-refractivity contribution in [3.05, 3.63) is 35.9 Å². The Morgan fingerprint density at radius 1 is 1.04 bits per heavy atom. The standard InChI is InChI=1S/C18H26N2O3/c1-14(2)16(21)19-10-12-20(13-11-19)17(22)18(3,23-4)15-8-6-5-7-9-15/h5-9,14H,10-13H2,1-4H3. The van der Waals surface area contributed by atoms with E-state index in [0.717, 1.165) is 5.56 Å². The molecule has 1 unspecified atom stereocenters. The Bertz CT molecular complexity index is 551. The van der Waals surface area contributed by atoms with Crippen molar-refractivity contribution >= 4 is 11.8 Å². The summed E-state index contributed by atoms with van der Waals surface area (Å²) in [5.41, 5.74) is -0.154. The SMILES string of the molecule is COC(C)(C(=O)N1CCN(C(=O)C(C)C)CC1)c1ccccc1. The summed E-state index contributed by atoms with van der Waals surface area (Å²) in [6, 6.07) is 9.53. The minimum absolute atomic E-state index is 0.00851. The largest absolute Gasteiger partial charge is 0.364 e. The molecule has 0 radical (unpaired) electrons. The van der Waals surface area contributed by atoms with Gasteiger partial charge < -0.3 is 14.5 Å². The molecule has 1 saturated heterocycles. The van der Waals surface area contributed by atoms with Gasteiger partial charge in [0.2, 0.25) is 5.91 Å². The molecule has 0 aliphatic carbocycles. The van der Waals surface area contributed by atoms with E-state index < -0.39 is 5.60 Å². The molecule has 5 nitrogen and oxygen atoms in total. The van der Waals surface area contributed by atoms with Crippen LogP contribution in [0.25, 0.3) is 0 Å². The maximum Gasteiger partial charge on any atom is 0.259 e. The van der Waals surface area contributed by atoms with Crippen LogP contribution in [0.4, 0.5) is 0 Å². The van der Waals surface area contributed by atoms with Crippen LogP contribution in [0.1, 0.15) is 26.3 Å². The Morgan fingerprint density at radius 2 is 1.57 bits per heavy atom. The molecule has 1 atom stereocenters. The summed E-state index contributed by atoms with van der Waals surface area (Å²) in [6.45, 7) is 7.85. The lowest BCUT2D eigenvalue weighted by Crippen LogP contribution is -2.55. The summed E-state index contributed by atoms with van der Waals surface area (Å²) >= 11 is 0. The predicted octanol–water partition coefficient (Wildman–Crippen LogP) is 1.87. The Labute approximate surface area is 138 Å². The second kappa shape index (κ2) is 7.13. The number of nitrogens with zero attached hydrogens (tertiary/aromatic N) is 2. The first kappa shape index (κ1) is 17.5. The number of carbonyl (C=O) groups is 2. The number of hydrogen-bond donors (Lipinski definition) is 0. The average molecular weight is 318 g/mol. The molecule has 1 aliphatic rings. The van der Waals surface area contributed by atoms with E-state index in [9.17, 15) is 9.59 Å². The van der Waals surface area contributed by atoms with Crippen LogP contribution in [-0.4, -0.2) is 54.9 Å². The van der Waals surface area contributed by atoms with Crippen molar-refractivity contribution in [2.75, 3.05) is 33.3 Å². The van der Waals surface area contributed by atoms with E-state index in [0.29, 0.717) is 26.2 Å². The highest BCUT2D eigenvalue weighted by atomic mass is 16.5. The van der Waals surface area contributed by atoms with Crippen LogP contribution >= 0.6 is 0 Å². The maximum atomic E-state index is 13.0.